The van der Waals surface area contributed by atoms with E-state index < -0.39 is 0 Å². The minimum Gasteiger partial charge on any atom is -0.351 e. The second-order valence-electron chi connectivity index (χ2n) is 4.08. The molecule has 2 atom stereocenters. The zero-order valence-corrected chi connectivity index (χ0v) is 8.95. The summed E-state index contributed by atoms with van der Waals surface area (Å²) in [5.41, 5.74) is 0. The molecule has 14 heavy (non-hydrogen) atoms. The van der Waals surface area contributed by atoms with E-state index in [0.29, 0.717) is 6.04 Å². The summed E-state index contributed by atoms with van der Waals surface area (Å²) in [6.45, 7) is 6.91. The maximum absolute atomic E-state index is 11.6. The molecule has 1 aliphatic heterocycles. The fourth-order valence-electron chi connectivity index (χ4n) is 1.85. The van der Waals surface area contributed by atoms with Crippen molar-refractivity contribution in [1.82, 2.24) is 10.2 Å². The Hall–Kier alpha value is -1.08. The van der Waals surface area contributed by atoms with Gasteiger partial charge in [-0.15, -0.1) is 0 Å². The molecule has 4 heteroatoms. The van der Waals surface area contributed by atoms with E-state index in [9.17, 15) is 4.79 Å². The molecule has 0 aromatic carbocycles. The molecule has 0 spiro atoms. The maximum Gasteiger partial charge on any atom is 0.238 e. The largest absolute Gasteiger partial charge is 0.351 e. The van der Waals surface area contributed by atoms with E-state index in [1.54, 1.807) is 0 Å². The molecule has 4 nitrogen and oxygen atoms in total. The minimum atomic E-state index is -0.267. The quantitative estimate of drug-likeness (QED) is 0.698. The highest BCUT2D eigenvalue weighted by Crippen LogP contribution is 2.14. The number of nitrogens with zero attached hydrogens (tertiary/aromatic N) is 2. The Morgan fingerprint density at radius 3 is 2.86 bits per heavy atom. The number of rotatable bonds is 2. The van der Waals surface area contributed by atoms with Crippen molar-refractivity contribution in [2.24, 2.45) is 0 Å². The fraction of sp³-hybridized carbons (Fsp3) is 0.800. The molecule has 2 unspecified atom stereocenters. The third kappa shape index (κ3) is 2.24. The van der Waals surface area contributed by atoms with Crippen molar-refractivity contribution in [2.45, 2.75) is 45.3 Å². The van der Waals surface area contributed by atoms with Crippen LogP contribution in [0, 0.1) is 11.3 Å². The van der Waals surface area contributed by atoms with Gasteiger partial charge in [0.2, 0.25) is 5.91 Å². The van der Waals surface area contributed by atoms with Crippen LogP contribution in [0.3, 0.4) is 0 Å². The van der Waals surface area contributed by atoms with Crippen molar-refractivity contribution >= 4 is 5.91 Å². The summed E-state index contributed by atoms with van der Waals surface area (Å²) < 4.78 is 0. The molecular weight excluding hydrogens is 178 g/mol. The molecule has 0 radical (unpaired) electrons. The Balaban J connectivity index is 2.76. The first-order chi connectivity index (χ1) is 6.56. The first kappa shape index (κ1) is 11.0. The summed E-state index contributed by atoms with van der Waals surface area (Å²) in [6, 6.07) is 2.29. The monoisotopic (exact) mass is 195 g/mol. The molecule has 0 aromatic heterocycles. The highest BCUT2D eigenvalue weighted by Gasteiger charge is 2.33. The lowest BCUT2D eigenvalue weighted by atomic mass is 10.0. The van der Waals surface area contributed by atoms with Gasteiger partial charge in [0.25, 0.3) is 0 Å². The third-order valence-corrected chi connectivity index (χ3v) is 2.52. The average molecular weight is 195 g/mol. The molecule has 0 aromatic rings. The summed E-state index contributed by atoms with van der Waals surface area (Å²) in [6.07, 6.45) is 0.275. The molecule has 1 saturated heterocycles. The van der Waals surface area contributed by atoms with Crippen LogP contribution in [-0.2, 0) is 4.79 Å². The molecule has 0 saturated carbocycles. The smallest absolute Gasteiger partial charge is 0.238 e. The van der Waals surface area contributed by atoms with E-state index in [1.165, 1.54) is 0 Å². The zero-order chi connectivity index (χ0) is 10.7. The predicted octanol–water partition coefficient (Wildman–Crippen LogP) is 0.497. The van der Waals surface area contributed by atoms with Gasteiger partial charge in [0.05, 0.1) is 12.5 Å². The van der Waals surface area contributed by atoms with Gasteiger partial charge in [-0.2, -0.15) is 5.26 Å². The summed E-state index contributed by atoms with van der Waals surface area (Å²) in [7, 11) is 0. The highest BCUT2D eigenvalue weighted by atomic mass is 16.2. The van der Waals surface area contributed by atoms with E-state index in [4.69, 9.17) is 5.26 Å². The molecule has 78 valence electrons. The van der Waals surface area contributed by atoms with Gasteiger partial charge in [-0.25, -0.2) is 0 Å². The molecule has 0 bridgehead atoms. The Bertz CT molecular complexity index is 257. The topological polar surface area (TPSA) is 56.1 Å². The SMILES string of the molecule is CC1CN(C(C)C)C(CC#N)C(=O)N1. The van der Waals surface area contributed by atoms with Gasteiger partial charge in [0.15, 0.2) is 0 Å². The van der Waals surface area contributed by atoms with E-state index in [1.807, 2.05) is 6.92 Å². The Kier molecular flexibility index (Phi) is 3.48. The minimum absolute atomic E-state index is 0.0148. The van der Waals surface area contributed by atoms with E-state index in [2.05, 4.69) is 30.1 Å². The van der Waals surface area contributed by atoms with Crippen LogP contribution < -0.4 is 5.32 Å². The number of nitrogens with one attached hydrogen (secondary N) is 1. The molecule has 1 amide bonds. The normalized spacial score (nSPS) is 28.6. The van der Waals surface area contributed by atoms with Crippen LogP contribution in [0.1, 0.15) is 27.2 Å². The van der Waals surface area contributed by atoms with Crippen LogP contribution in [0.15, 0.2) is 0 Å². The fourth-order valence-corrected chi connectivity index (χ4v) is 1.85. The summed E-state index contributed by atoms with van der Waals surface area (Å²) in [5.74, 6) is -0.0148. The Morgan fingerprint density at radius 2 is 2.36 bits per heavy atom. The van der Waals surface area contributed by atoms with Crippen LogP contribution in [0.2, 0.25) is 0 Å². The average Bonchev–Trinajstić information content (AvgIpc) is 2.09. The number of nitriles is 1. The van der Waals surface area contributed by atoms with Crippen molar-refractivity contribution in [3.8, 4) is 6.07 Å². The molecule has 1 N–H and O–H groups in total. The van der Waals surface area contributed by atoms with Gasteiger partial charge < -0.3 is 5.32 Å². The number of piperazine rings is 1. The van der Waals surface area contributed by atoms with Gasteiger partial charge >= 0.3 is 0 Å². The van der Waals surface area contributed by atoms with Crippen molar-refractivity contribution in [2.75, 3.05) is 6.54 Å². The van der Waals surface area contributed by atoms with Gasteiger partial charge in [0.1, 0.15) is 6.04 Å². The summed E-state index contributed by atoms with van der Waals surface area (Å²) in [5, 5.41) is 11.5. The van der Waals surface area contributed by atoms with Crippen molar-refractivity contribution < 1.29 is 4.79 Å². The maximum atomic E-state index is 11.6. The Labute approximate surface area is 84.9 Å². The number of carbonyl (C=O) groups is 1. The van der Waals surface area contributed by atoms with Gasteiger partial charge in [-0.05, 0) is 20.8 Å². The van der Waals surface area contributed by atoms with Crippen molar-refractivity contribution in [1.29, 1.82) is 5.26 Å². The molecule has 1 heterocycles. The van der Waals surface area contributed by atoms with Crippen molar-refractivity contribution in [3.63, 3.8) is 0 Å². The Morgan fingerprint density at radius 1 is 1.71 bits per heavy atom. The zero-order valence-electron chi connectivity index (χ0n) is 8.95. The lowest BCUT2D eigenvalue weighted by molar-refractivity contribution is -0.131. The summed E-state index contributed by atoms with van der Waals surface area (Å²) in [4.78, 5) is 13.7. The molecule has 1 aliphatic rings. The van der Waals surface area contributed by atoms with Crippen LogP contribution >= 0.6 is 0 Å². The van der Waals surface area contributed by atoms with E-state index >= 15 is 0 Å². The van der Waals surface area contributed by atoms with Crippen LogP contribution in [0.4, 0.5) is 0 Å². The first-order valence-corrected chi connectivity index (χ1v) is 4.99. The van der Waals surface area contributed by atoms with Gasteiger partial charge in [-0.1, -0.05) is 0 Å². The number of hydrogen-bond acceptors (Lipinski definition) is 3. The predicted molar refractivity (Wildman–Crippen MR) is 53.5 cm³/mol. The van der Waals surface area contributed by atoms with Crippen LogP contribution in [0.25, 0.3) is 0 Å². The second kappa shape index (κ2) is 4.43. The van der Waals surface area contributed by atoms with Crippen molar-refractivity contribution in [3.05, 3.63) is 0 Å². The molecule has 1 fully saturated rings. The lowest BCUT2D eigenvalue weighted by Gasteiger charge is -2.39. The molecule has 0 aliphatic carbocycles. The number of carbonyl (C=O) groups excluding carboxylic acids is 1. The molecular formula is C10H17N3O. The number of hydrogen-bond donors (Lipinski definition) is 1. The van der Waals surface area contributed by atoms with Crippen LogP contribution in [-0.4, -0.2) is 35.5 Å². The lowest BCUT2D eigenvalue weighted by Crippen LogP contribution is -2.60. The molecule has 1 rings (SSSR count). The van der Waals surface area contributed by atoms with Crippen LogP contribution in [0.5, 0.6) is 0 Å². The van der Waals surface area contributed by atoms with E-state index in [-0.39, 0.29) is 24.4 Å². The third-order valence-electron chi connectivity index (χ3n) is 2.52. The van der Waals surface area contributed by atoms with Gasteiger partial charge in [-0.3, -0.25) is 9.69 Å². The van der Waals surface area contributed by atoms with Gasteiger partial charge in [0, 0.05) is 18.6 Å². The highest BCUT2D eigenvalue weighted by molar-refractivity contribution is 5.83. The standard InChI is InChI=1S/C10H17N3O/c1-7(2)13-6-8(3)12-10(14)9(13)4-5-11/h7-9H,4,6H2,1-3H3,(H,12,14). The summed E-state index contributed by atoms with van der Waals surface area (Å²) >= 11 is 0. The first-order valence-electron chi connectivity index (χ1n) is 4.99. The van der Waals surface area contributed by atoms with E-state index in [0.717, 1.165) is 6.54 Å². The second-order valence-corrected chi connectivity index (χ2v) is 4.08. The number of amides is 1.